The van der Waals surface area contributed by atoms with Crippen LogP contribution in [0.25, 0.3) is 0 Å². The largest absolute Gasteiger partial charge is 0.310 e. The first-order valence-corrected chi connectivity index (χ1v) is 7.31. The van der Waals surface area contributed by atoms with Crippen LogP contribution in [0, 0.1) is 11.8 Å². The molecule has 2 nitrogen and oxygen atoms in total. The van der Waals surface area contributed by atoms with Gasteiger partial charge in [-0.05, 0) is 57.5 Å². The van der Waals surface area contributed by atoms with Gasteiger partial charge in [0.15, 0.2) is 0 Å². The number of nitrogens with zero attached hydrogens (tertiary/aromatic N) is 1. The molecule has 0 aromatic carbocycles. The maximum absolute atomic E-state index is 3.95. The zero-order chi connectivity index (χ0) is 11.0. The lowest BCUT2D eigenvalue weighted by Gasteiger charge is -2.46. The highest BCUT2D eigenvalue weighted by Crippen LogP contribution is 2.31. The minimum absolute atomic E-state index is 0.757. The average Bonchev–Trinajstić information content (AvgIpc) is 2.84. The summed E-state index contributed by atoms with van der Waals surface area (Å²) in [4.78, 5) is 2.65. The molecule has 2 atom stereocenters. The zero-order valence-electron chi connectivity index (χ0n) is 10.6. The fraction of sp³-hybridized carbons (Fsp3) is 1.00. The first kappa shape index (κ1) is 11.0. The van der Waals surface area contributed by atoms with Gasteiger partial charge in [0.2, 0.25) is 0 Å². The van der Waals surface area contributed by atoms with Gasteiger partial charge in [0, 0.05) is 18.6 Å². The van der Waals surface area contributed by atoms with Crippen molar-refractivity contribution in [3.05, 3.63) is 0 Å². The topological polar surface area (TPSA) is 15.3 Å². The summed E-state index contributed by atoms with van der Waals surface area (Å²) in [5.41, 5.74) is 0. The summed E-state index contributed by atoms with van der Waals surface area (Å²) in [5.74, 6) is 1.95. The third-order valence-corrected chi connectivity index (χ3v) is 5.24. The van der Waals surface area contributed by atoms with E-state index in [1.807, 2.05) is 0 Å². The molecule has 4 rings (SSSR count). The molecule has 3 aliphatic heterocycles. The van der Waals surface area contributed by atoms with Crippen LogP contribution in [0.15, 0.2) is 0 Å². The summed E-state index contributed by atoms with van der Waals surface area (Å²) in [7, 11) is 0. The quantitative estimate of drug-likeness (QED) is 0.788. The summed E-state index contributed by atoms with van der Waals surface area (Å²) in [6.07, 6.45) is 8.75. The van der Waals surface area contributed by atoms with Gasteiger partial charge in [-0.3, -0.25) is 0 Å². The van der Waals surface area contributed by atoms with E-state index in [2.05, 4.69) is 17.1 Å². The first-order chi connectivity index (χ1) is 7.83. The molecule has 0 amide bonds. The van der Waals surface area contributed by atoms with E-state index in [-0.39, 0.29) is 0 Å². The molecule has 2 bridgehead atoms. The van der Waals surface area contributed by atoms with Gasteiger partial charge >= 0.3 is 0 Å². The number of rotatable bonds is 3. The van der Waals surface area contributed by atoms with Gasteiger partial charge in [0.05, 0.1) is 0 Å². The monoisotopic (exact) mass is 222 g/mol. The van der Waals surface area contributed by atoms with Gasteiger partial charge in [-0.25, -0.2) is 0 Å². The van der Waals surface area contributed by atoms with E-state index in [1.165, 1.54) is 58.2 Å². The second kappa shape index (κ2) is 4.66. The molecule has 0 radical (unpaired) electrons. The van der Waals surface area contributed by atoms with E-state index in [4.69, 9.17) is 0 Å². The van der Waals surface area contributed by atoms with Crippen LogP contribution in [-0.2, 0) is 0 Å². The summed E-state index contributed by atoms with van der Waals surface area (Å²) in [6.45, 7) is 6.47. The van der Waals surface area contributed by atoms with E-state index in [1.54, 1.807) is 0 Å². The van der Waals surface area contributed by atoms with Crippen LogP contribution < -0.4 is 5.32 Å². The Morgan fingerprint density at radius 1 is 1.06 bits per heavy atom. The third-order valence-electron chi connectivity index (χ3n) is 5.24. The molecular formula is C14H26N2. The average molecular weight is 222 g/mol. The van der Waals surface area contributed by atoms with Gasteiger partial charge in [-0.1, -0.05) is 12.8 Å². The van der Waals surface area contributed by atoms with Crippen LogP contribution in [0.4, 0.5) is 0 Å². The van der Waals surface area contributed by atoms with Crippen molar-refractivity contribution in [2.75, 3.05) is 19.6 Å². The summed E-state index contributed by atoms with van der Waals surface area (Å²) < 4.78 is 0. The number of hydrogen-bond acceptors (Lipinski definition) is 2. The minimum Gasteiger partial charge on any atom is -0.310 e. The summed E-state index contributed by atoms with van der Waals surface area (Å²) in [5, 5.41) is 3.95. The molecule has 92 valence electrons. The van der Waals surface area contributed by atoms with E-state index < -0.39 is 0 Å². The van der Waals surface area contributed by atoms with Crippen molar-refractivity contribution in [2.24, 2.45) is 11.8 Å². The van der Waals surface area contributed by atoms with Crippen molar-refractivity contribution >= 4 is 0 Å². The molecule has 1 aliphatic carbocycles. The molecule has 1 N–H and O–H groups in total. The van der Waals surface area contributed by atoms with Crippen molar-refractivity contribution < 1.29 is 0 Å². The molecule has 3 saturated heterocycles. The van der Waals surface area contributed by atoms with Gasteiger partial charge in [0.1, 0.15) is 0 Å². The maximum atomic E-state index is 3.95. The second-order valence-electron chi connectivity index (χ2n) is 6.24. The molecule has 4 aliphatic rings. The molecule has 1 saturated carbocycles. The summed E-state index contributed by atoms with van der Waals surface area (Å²) in [6, 6.07) is 1.56. The van der Waals surface area contributed by atoms with Crippen molar-refractivity contribution in [1.29, 1.82) is 0 Å². The predicted molar refractivity (Wildman–Crippen MR) is 67.5 cm³/mol. The minimum atomic E-state index is 0.757. The first-order valence-electron chi connectivity index (χ1n) is 7.31. The standard InChI is InChI=1S/C14H26N2/c1-11(12-4-2-3-5-12)15-14-10-16-8-6-13(14)7-9-16/h11-15H,2-10H2,1H3/t11-,14?/m1/s1. The second-order valence-corrected chi connectivity index (χ2v) is 6.24. The van der Waals surface area contributed by atoms with Crippen LogP contribution in [0.2, 0.25) is 0 Å². The number of nitrogens with one attached hydrogen (secondary N) is 1. The zero-order valence-corrected chi connectivity index (χ0v) is 10.6. The Balaban J connectivity index is 1.53. The van der Waals surface area contributed by atoms with E-state index >= 15 is 0 Å². The van der Waals surface area contributed by atoms with Crippen molar-refractivity contribution in [3.63, 3.8) is 0 Å². The fourth-order valence-electron chi connectivity index (χ4n) is 4.09. The van der Waals surface area contributed by atoms with Crippen LogP contribution in [0.3, 0.4) is 0 Å². The van der Waals surface area contributed by atoms with Crippen LogP contribution in [0.5, 0.6) is 0 Å². The Labute approximate surface area is 99.8 Å². The van der Waals surface area contributed by atoms with E-state index in [0.717, 1.165) is 23.9 Å². The summed E-state index contributed by atoms with van der Waals surface area (Å²) >= 11 is 0. The van der Waals surface area contributed by atoms with Gasteiger partial charge in [-0.15, -0.1) is 0 Å². The maximum Gasteiger partial charge on any atom is 0.0226 e. The molecule has 2 heteroatoms. The van der Waals surface area contributed by atoms with Crippen molar-refractivity contribution in [2.45, 2.75) is 57.5 Å². The normalized spacial score (nSPS) is 41.4. The van der Waals surface area contributed by atoms with Crippen molar-refractivity contribution in [1.82, 2.24) is 10.2 Å². The van der Waals surface area contributed by atoms with Gasteiger partial charge in [-0.2, -0.15) is 0 Å². The number of fused-ring (bicyclic) bond motifs is 3. The van der Waals surface area contributed by atoms with Gasteiger partial charge in [0.25, 0.3) is 0 Å². The molecule has 4 fully saturated rings. The highest BCUT2D eigenvalue weighted by Gasteiger charge is 2.35. The van der Waals surface area contributed by atoms with Gasteiger partial charge < -0.3 is 10.2 Å². The lowest BCUT2D eigenvalue weighted by atomic mass is 9.83. The predicted octanol–water partition coefficient (Wildman–Crippen LogP) is 2.25. The SMILES string of the molecule is C[C@@H](NC1CN2CCC1CC2)C1CCCC1. The molecular weight excluding hydrogens is 196 g/mol. The van der Waals surface area contributed by atoms with E-state index in [0.29, 0.717) is 0 Å². The fourth-order valence-corrected chi connectivity index (χ4v) is 4.09. The molecule has 0 aromatic heterocycles. The highest BCUT2D eigenvalue weighted by atomic mass is 15.2. The smallest absolute Gasteiger partial charge is 0.0226 e. The number of piperidine rings is 3. The lowest BCUT2D eigenvalue weighted by molar-refractivity contribution is 0.0640. The van der Waals surface area contributed by atoms with E-state index in [9.17, 15) is 0 Å². The van der Waals surface area contributed by atoms with Crippen LogP contribution in [-0.4, -0.2) is 36.6 Å². The van der Waals surface area contributed by atoms with Crippen LogP contribution >= 0.6 is 0 Å². The molecule has 16 heavy (non-hydrogen) atoms. The third kappa shape index (κ3) is 2.14. The Morgan fingerprint density at radius 2 is 1.75 bits per heavy atom. The lowest BCUT2D eigenvalue weighted by Crippen LogP contribution is -2.58. The molecule has 0 spiro atoms. The van der Waals surface area contributed by atoms with Crippen molar-refractivity contribution in [3.8, 4) is 0 Å². The Bertz CT molecular complexity index is 227. The molecule has 0 aromatic rings. The Morgan fingerprint density at radius 3 is 2.31 bits per heavy atom. The highest BCUT2D eigenvalue weighted by molar-refractivity contribution is 4.93. The van der Waals surface area contributed by atoms with Crippen LogP contribution in [0.1, 0.15) is 45.4 Å². The Kier molecular flexibility index (Phi) is 3.21. The molecule has 3 heterocycles. The Hall–Kier alpha value is -0.0800. The number of hydrogen-bond donors (Lipinski definition) is 1. The molecule has 1 unspecified atom stereocenters.